The number of carbonyl (C=O) groups is 1. The Kier molecular flexibility index (Phi) is 5.45. The molecule has 0 saturated carbocycles. The lowest BCUT2D eigenvalue weighted by Gasteiger charge is -2.29. The number of hydrogen-bond donors (Lipinski definition) is 1. The average Bonchev–Trinajstić information content (AvgIpc) is 3.17. The minimum atomic E-state index is -0.159. The Balaban J connectivity index is 1.64. The molecule has 0 radical (unpaired) electrons. The molecule has 7 heteroatoms. The Morgan fingerprint density at radius 3 is 2.64 bits per heavy atom. The van der Waals surface area contributed by atoms with Crippen molar-refractivity contribution in [1.82, 2.24) is 4.98 Å². The van der Waals surface area contributed by atoms with Gasteiger partial charge in [0.2, 0.25) is 0 Å². The molecule has 0 atom stereocenters. The van der Waals surface area contributed by atoms with Crippen LogP contribution in [0.3, 0.4) is 0 Å². The fourth-order valence-corrected chi connectivity index (χ4v) is 4.32. The summed E-state index contributed by atoms with van der Waals surface area (Å²) in [6, 6.07) is 11.6. The van der Waals surface area contributed by atoms with E-state index in [9.17, 15) is 4.79 Å². The molecule has 2 heterocycles. The van der Waals surface area contributed by atoms with Crippen molar-refractivity contribution in [3.63, 3.8) is 0 Å². The molecule has 6 nitrogen and oxygen atoms in total. The normalized spacial score (nSPS) is 14.3. The summed E-state index contributed by atoms with van der Waals surface area (Å²) in [5, 5.41) is 3.50. The molecular weight excluding hydrogens is 374 g/mol. The van der Waals surface area contributed by atoms with E-state index in [2.05, 4.69) is 28.2 Å². The van der Waals surface area contributed by atoms with Crippen molar-refractivity contribution in [3.8, 4) is 5.75 Å². The lowest BCUT2D eigenvalue weighted by atomic mass is 10.1. The van der Waals surface area contributed by atoms with Gasteiger partial charge in [-0.05, 0) is 36.2 Å². The maximum absolute atomic E-state index is 12.6. The first-order chi connectivity index (χ1) is 13.7. The van der Waals surface area contributed by atoms with E-state index in [1.807, 2.05) is 30.3 Å². The molecule has 0 unspecified atom stereocenters. The van der Waals surface area contributed by atoms with Crippen LogP contribution in [0.25, 0.3) is 10.2 Å². The summed E-state index contributed by atoms with van der Waals surface area (Å²) in [6.07, 6.45) is 0.948. The molecule has 1 aromatic heterocycles. The number of benzene rings is 2. The van der Waals surface area contributed by atoms with Gasteiger partial charge in [-0.15, -0.1) is 0 Å². The van der Waals surface area contributed by atoms with Crippen LogP contribution in [-0.2, 0) is 11.2 Å². The number of nitrogens with one attached hydrogen (secondary N) is 1. The number of rotatable bonds is 5. The zero-order chi connectivity index (χ0) is 19.5. The van der Waals surface area contributed by atoms with E-state index in [0.717, 1.165) is 35.4 Å². The van der Waals surface area contributed by atoms with Crippen LogP contribution in [0.5, 0.6) is 5.75 Å². The number of methoxy groups -OCH3 is 1. The molecule has 0 aliphatic carbocycles. The third kappa shape index (κ3) is 3.68. The Bertz CT molecular complexity index is 978. The Morgan fingerprint density at radius 1 is 1.21 bits per heavy atom. The first kappa shape index (κ1) is 18.7. The first-order valence-corrected chi connectivity index (χ1v) is 10.2. The fourth-order valence-electron chi connectivity index (χ4n) is 3.30. The number of carbonyl (C=O) groups excluding carboxylic acids is 1. The Morgan fingerprint density at radius 2 is 1.96 bits per heavy atom. The average molecular weight is 398 g/mol. The third-order valence-electron chi connectivity index (χ3n) is 4.90. The van der Waals surface area contributed by atoms with Gasteiger partial charge in [0, 0.05) is 18.7 Å². The minimum Gasteiger partial charge on any atom is -0.494 e. The highest BCUT2D eigenvalue weighted by atomic mass is 32.1. The Labute approximate surface area is 168 Å². The molecule has 0 bridgehead atoms. The van der Waals surface area contributed by atoms with E-state index < -0.39 is 0 Å². The van der Waals surface area contributed by atoms with Gasteiger partial charge in [-0.1, -0.05) is 30.4 Å². The van der Waals surface area contributed by atoms with E-state index in [0.29, 0.717) is 29.7 Å². The number of fused-ring (bicyclic) bond motifs is 1. The van der Waals surface area contributed by atoms with E-state index >= 15 is 0 Å². The number of thiazole rings is 1. The van der Waals surface area contributed by atoms with Crippen molar-refractivity contribution in [2.75, 3.05) is 43.6 Å². The van der Waals surface area contributed by atoms with Gasteiger partial charge in [-0.25, -0.2) is 4.98 Å². The van der Waals surface area contributed by atoms with Gasteiger partial charge >= 0.3 is 0 Å². The molecule has 146 valence electrons. The second-order valence-electron chi connectivity index (χ2n) is 6.59. The SMILES string of the molecule is CCc1ccc(C(=O)Nc2nc3c(OC)ccc(N4CCOCC4)c3s2)cc1. The molecule has 1 aliphatic rings. The van der Waals surface area contributed by atoms with E-state index in [1.165, 1.54) is 16.9 Å². The summed E-state index contributed by atoms with van der Waals surface area (Å²) < 4.78 is 12.0. The van der Waals surface area contributed by atoms with Crippen LogP contribution in [-0.4, -0.2) is 44.3 Å². The number of amides is 1. The Hall–Kier alpha value is -2.64. The fraction of sp³-hybridized carbons (Fsp3) is 0.333. The number of nitrogens with zero attached hydrogens (tertiary/aromatic N) is 2. The topological polar surface area (TPSA) is 63.7 Å². The summed E-state index contributed by atoms with van der Waals surface area (Å²) in [5.41, 5.74) is 3.70. The number of morpholine rings is 1. The lowest BCUT2D eigenvalue weighted by Crippen LogP contribution is -2.36. The molecule has 1 fully saturated rings. The largest absolute Gasteiger partial charge is 0.494 e. The highest BCUT2D eigenvalue weighted by Gasteiger charge is 2.20. The summed E-state index contributed by atoms with van der Waals surface area (Å²) in [4.78, 5) is 19.6. The van der Waals surface area contributed by atoms with Crippen LogP contribution in [0.1, 0.15) is 22.8 Å². The van der Waals surface area contributed by atoms with Gasteiger partial charge in [0.05, 0.1) is 30.7 Å². The minimum absolute atomic E-state index is 0.159. The predicted molar refractivity (Wildman–Crippen MR) is 113 cm³/mol. The van der Waals surface area contributed by atoms with Gasteiger partial charge in [-0.3, -0.25) is 10.1 Å². The first-order valence-electron chi connectivity index (χ1n) is 9.40. The smallest absolute Gasteiger partial charge is 0.257 e. The maximum Gasteiger partial charge on any atom is 0.257 e. The van der Waals surface area contributed by atoms with Gasteiger partial charge in [0.15, 0.2) is 5.13 Å². The van der Waals surface area contributed by atoms with Gasteiger partial charge in [0.25, 0.3) is 5.91 Å². The van der Waals surface area contributed by atoms with Crippen LogP contribution in [0.15, 0.2) is 36.4 Å². The molecule has 0 spiro atoms. The van der Waals surface area contributed by atoms with E-state index in [1.54, 1.807) is 7.11 Å². The second-order valence-corrected chi connectivity index (χ2v) is 7.59. The van der Waals surface area contributed by atoms with Crippen molar-refractivity contribution in [1.29, 1.82) is 0 Å². The highest BCUT2D eigenvalue weighted by Crippen LogP contribution is 2.39. The summed E-state index contributed by atoms with van der Waals surface area (Å²) >= 11 is 1.47. The van der Waals surface area contributed by atoms with Crippen molar-refractivity contribution >= 4 is 38.3 Å². The number of aryl methyl sites for hydroxylation is 1. The van der Waals surface area contributed by atoms with Crippen molar-refractivity contribution in [2.24, 2.45) is 0 Å². The second kappa shape index (κ2) is 8.16. The van der Waals surface area contributed by atoms with Gasteiger partial charge in [-0.2, -0.15) is 0 Å². The quantitative estimate of drug-likeness (QED) is 0.706. The molecule has 2 aromatic carbocycles. The molecule has 1 N–H and O–H groups in total. The van der Waals surface area contributed by atoms with Crippen LogP contribution >= 0.6 is 11.3 Å². The number of hydrogen-bond acceptors (Lipinski definition) is 6. The van der Waals surface area contributed by atoms with Crippen molar-refractivity contribution < 1.29 is 14.3 Å². The third-order valence-corrected chi connectivity index (χ3v) is 5.90. The molecule has 1 aliphatic heterocycles. The van der Waals surface area contributed by atoms with E-state index in [4.69, 9.17) is 9.47 Å². The molecular formula is C21H23N3O3S. The molecule has 1 amide bonds. The zero-order valence-electron chi connectivity index (χ0n) is 16.0. The van der Waals surface area contributed by atoms with Gasteiger partial charge < -0.3 is 14.4 Å². The number of ether oxygens (including phenoxy) is 2. The van der Waals surface area contributed by atoms with Crippen LogP contribution in [0.2, 0.25) is 0 Å². The standard InChI is InChI=1S/C21H23N3O3S/c1-3-14-4-6-15(7-5-14)20(25)23-21-22-18-17(26-2)9-8-16(19(18)28-21)24-10-12-27-13-11-24/h4-9H,3,10-13H2,1-2H3,(H,22,23,25). The molecule has 4 rings (SSSR count). The van der Waals surface area contributed by atoms with Crippen molar-refractivity contribution in [3.05, 3.63) is 47.5 Å². The summed E-state index contributed by atoms with van der Waals surface area (Å²) in [5.74, 6) is 0.546. The zero-order valence-corrected chi connectivity index (χ0v) is 16.8. The van der Waals surface area contributed by atoms with E-state index in [-0.39, 0.29) is 5.91 Å². The molecule has 28 heavy (non-hydrogen) atoms. The van der Waals surface area contributed by atoms with Crippen molar-refractivity contribution in [2.45, 2.75) is 13.3 Å². The van der Waals surface area contributed by atoms with Crippen LogP contribution < -0.4 is 15.0 Å². The molecule has 1 saturated heterocycles. The number of anilines is 2. The summed E-state index contributed by atoms with van der Waals surface area (Å²) in [7, 11) is 1.63. The maximum atomic E-state index is 12.6. The van der Waals surface area contributed by atoms with Gasteiger partial charge in [0.1, 0.15) is 11.3 Å². The highest BCUT2D eigenvalue weighted by molar-refractivity contribution is 7.23. The predicted octanol–water partition coefficient (Wildman–Crippen LogP) is 3.96. The monoisotopic (exact) mass is 397 g/mol. The summed E-state index contributed by atoms with van der Waals surface area (Å²) in [6.45, 7) is 5.19. The van der Waals surface area contributed by atoms with Crippen LogP contribution in [0.4, 0.5) is 10.8 Å². The van der Waals surface area contributed by atoms with Crippen LogP contribution in [0, 0.1) is 0 Å². The number of aromatic nitrogens is 1. The lowest BCUT2D eigenvalue weighted by molar-refractivity contribution is 0.102. The molecule has 3 aromatic rings.